The fourth-order valence-electron chi connectivity index (χ4n) is 3.31. The summed E-state index contributed by atoms with van der Waals surface area (Å²) >= 11 is 0. The van der Waals surface area contributed by atoms with E-state index in [-0.39, 0.29) is 28.2 Å². The SMILES string of the molecule is CCC(C)c1ncc(-c2ccc3c4cncc(F)c4n(C(F)F)c3n2)cc1F. The molecule has 4 heterocycles. The van der Waals surface area contributed by atoms with Crippen LogP contribution in [0.2, 0.25) is 0 Å². The Balaban J connectivity index is 1.93. The number of halogens is 4. The maximum absolute atomic E-state index is 14.4. The second kappa shape index (κ2) is 6.85. The Morgan fingerprint density at radius 3 is 2.50 bits per heavy atom. The Morgan fingerprint density at radius 2 is 1.82 bits per heavy atom. The van der Waals surface area contributed by atoms with Crippen molar-refractivity contribution in [3.8, 4) is 11.3 Å². The van der Waals surface area contributed by atoms with Crippen LogP contribution in [-0.4, -0.2) is 19.5 Å². The van der Waals surface area contributed by atoms with Crippen LogP contribution in [0.5, 0.6) is 0 Å². The van der Waals surface area contributed by atoms with Crippen LogP contribution in [-0.2, 0) is 0 Å². The van der Waals surface area contributed by atoms with Crippen LogP contribution in [0.25, 0.3) is 33.2 Å². The van der Waals surface area contributed by atoms with E-state index in [0.717, 1.165) is 12.6 Å². The van der Waals surface area contributed by atoms with Gasteiger partial charge in [0.15, 0.2) is 5.82 Å². The summed E-state index contributed by atoms with van der Waals surface area (Å²) in [6.45, 7) is 0.813. The molecule has 0 aliphatic rings. The van der Waals surface area contributed by atoms with Crippen molar-refractivity contribution >= 4 is 21.9 Å². The zero-order valence-corrected chi connectivity index (χ0v) is 15.1. The van der Waals surface area contributed by atoms with Gasteiger partial charge in [0.25, 0.3) is 0 Å². The molecule has 4 aromatic heterocycles. The number of hydrogen-bond donors (Lipinski definition) is 0. The highest BCUT2D eigenvalue weighted by molar-refractivity contribution is 6.07. The Labute approximate surface area is 157 Å². The average molecular weight is 388 g/mol. The minimum atomic E-state index is -3.00. The van der Waals surface area contributed by atoms with Crippen LogP contribution >= 0.6 is 0 Å². The van der Waals surface area contributed by atoms with Crippen LogP contribution in [0.15, 0.2) is 36.8 Å². The second-order valence-electron chi connectivity index (χ2n) is 6.63. The summed E-state index contributed by atoms with van der Waals surface area (Å²) in [6, 6.07) is 4.42. The molecule has 0 radical (unpaired) electrons. The Morgan fingerprint density at radius 1 is 1.04 bits per heavy atom. The lowest BCUT2D eigenvalue weighted by Crippen LogP contribution is -2.02. The normalized spacial score (nSPS) is 13.0. The molecule has 0 aromatic carbocycles. The van der Waals surface area contributed by atoms with Gasteiger partial charge in [0, 0.05) is 34.6 Å². The molecule has 0 N–H and O–H groups in total. The zero-order valence-electron chi connectivity index (χ0n) is 15.1. The largest absolute Gasteiger partial charge is 0.320 e. The Bertz CT molecular complexity index is 1190. The quantitative estimate of drug-likeness (QED) is 0.413. The number of hydrogen-bond acceptors (Lipinski definition) is 3. The summed E-state index contributed by atoms with van der Waals surface area (Å²) in [5.41, 5.74) is 0.618. The van der Waals surface area contributed by atoms with Gasteiger partial charge < -0.3 is 0 Å². The van der Waals surface area contributed by atoms with Gasteiger partial charge in [-0.3, -0.25) is 14.5 Å². The molecule has 0 bridgehead atoms. The van der Waals surface area contributed by atoms with Gasteiger partial charge in [0.1, 0.15) is 11.5 Å². The van der Waals surface area contributed by atoms with E-state index in [2.05, 4.69) is 15.0 Å². The van der Waals surface area contributed by atoms with Crippen LogP contribution in [0, 0.1) is 11.6 Å². The molecule has 0 aliphatic heterocycles. The van der Waals surface area contributed by atoms with Gasteiger partial charge in [-0.2, -0.15) is 8.78 Å². The second-order valence-corrected chi connectivity index (χ2v) is 6.63. The van der Waals surface area contributed by atoms with E-state index in [0.29, 0.717) is 21.2 Å². The first-order valence-corrected chi connectivity index (χ1v) is 8.80. The van der Waals surface area contributed by atoms with E-state index in [1.165, 1.54) is 18.5 Å². The van der Waals surface area contributed by atoms with Crippen LogP contribution in [0.3, 0.4) is 0 Å². The molecule has 28 heavy (non-hydrogen) atoms. The molecule has 4 nitrogen and oxygen atoms in total. The average Bonchev–Trinajstić information content (AvgIpc) is 3.02. The molecule has 0 aliphatic carbocycles. The summed E-state index contributed by atoms with van der Waals surface area (Å²) in [7, 11) is 0. The van der Waals surface area contributed by atoms with Gasteiger partial charge in [-0.25, -0.2) is 13.8 Å². The summed E-state index contributed by atoms with van der Waals surface area (Å²) < 4.78 is 56.5. The minimum absolute atomic E-state index is 0.0404. The molecular formula is C20H16F4N4. The summed E-state index contributed by atoms with van der Waals surface area (Å²) in [4.78, 5) is 12.2. The van der Waals surface area contributed by atoms with Crippen LogP contribution in [0.4, 0.5) is 17.6 Å². The lowest BCUT2D eigenvalue weighted by Gasteiger charge is -2.10. The van der Waals surface area contributed by atoms with Crippen molar-refractivity contribution in [3.05, 3.63) is 54.1 Å². The summed E-state index contributed by atoms with van der Waals surface area (Å²) in [6.07, 6.45) is 4.41. The fourth-order valence-corrected chi connectivity index (χ4v) is 3.31. The highest BCUT2D eigenvalue weighted by Crippen LogP contribution is 2.34. The van der Waals surface area contributed by atoms with Crippen molar-refractivity contribution in [2.24, 2.45) is 0 Å². The molecule has 4 aromatic rings. The maximum atomic E-state index is 14.4. The highest BCUT2D eigenvalue weighted by Gasteiger charge is 2.22. The summed E-state index contributed by atoms with van der Waals surface area (Å²) in [5, 5.41) is 0.585. The maximum Gasteiger partial charge on any atom is 0.320 e. The molecule has 0 amide bonds. The lowest BCUT2D eigenvalue weighted by atomic mass is 10.0. The van der Waals surface area contributed by atoms with E-state index in [4.69, 9.17) is 0 Å². The highest BCUT2D eigenvalue weighted by atomic mass is 19.3. The van der Waals surface area contributed by atoms with Gasteiger partial charge in [-0.1, -0.05) is 13.8 Å². The van der Waals surface area contributed by atoms with E-state index >= 15 is 0 Å². The van der Waals surface area contributed by atoms with Gasteiger partial charge in [0.2, 0.25) is 0 Å². The van der Waals surface area contributed by atoms with Crippen molar-refractivity contribution in [2.45, 2.75) is 32.7 Å². The van der Waals surface area contributed by atoms with Gasteiger partial charge >= 0.3 is 6.55 Å². The number of rotatable bonds is 4. The predicted octanol–water partition coefficient (Wildman–Crippen LogP) is 5.83. The smallest absolute Gasteiger partial charge is 0.265 e. The molecule has 8 heteroatoms. The van der Waals surface area contributed by atoms with Crippen LogP contribution in [0.1, 0.15) is 38.4 Å². The third-order valence-electron chi connectivity index (χ3n) is 4.95. The van der Waals surface area contributed by atoms with Crippen molar-refractivity contribution in [3.63, 3.8) is 0 Å². The molecular weight excluding hydrogens is 372 g/mol. The number of fused-ring (bicyclic) bond motifs is 3. The van der Waals surface area contributed by atoms with Gasteiger partial charge in [0.05, 0.1) is 23.1 Å². The van der Waals surface area contributed by atoms with E-state index in [9.17, 15) is 17.6 Å². The summed E-state index contributed by atoms with van der Waals surface area (Å²) in [5.74, 6) is -1.37. The third kappa shape index (κ3) is 2.80. The van der Waals surface area contributed by atoms with Crippen molar-refractivity contribution in [2.75, 3.05) is 0 Å². The first kappa shape index (κ1) is 18.3. The van der Waals surface area contributed by atoms with Gasteiger partial charge in [-0.15, -0.1) is 0 Å². The molecule has 4 rings (SSSR count). The van der Waals surface area contributed by atoms with Crippen molar-refractivity contribution in [1.29, 1.82) is 0 Å². The number of alkyl halides is 2. The zero-order chi connectivity index (χ0) is 20.0. The topological polar surface area (TPSA) is 43.6 Å². The van der Waals surface area contributed by atoms with Crippen molar-refractivity contribution < 1.29 is 17.6 Å². The number of nitrogens with zero attached hydrogens (tertiary/aromatic N) is 4. The number of pyridine rings is 3. The van der Waals surface area contributed by atoms with Crippen molar-refractivity contribution in [1.82, 2.24) is 19.5 Å². The minimum Gasteiger partial charge on any atom is -0.265 e. The Hall–Kier alpha value is -3.03. The predicted molar refractivity (Wildman–Crippen MR) is 98.1 cm³/mol. The number of aromatic nitrogens is 4. The third-order valence-corrected chi connectivity index (χ3v) is 4.95. The molecule has 0 saturated carbocycles. The van der Waals surface area contributed by atoms with E-state index in [1.54, 1.807) is 12.1 Å². The Kier molecular flexibility index (Phi) is 4.49. The first-order valence-electron chi connectivity index (χ1n) is 8.80. The van der Waals surface area contributed by atoms with E-state index < -0.39 is 18.2 Å². The molecule has 144 valence electrons. The molecule has 1 atom stereocenters. The lowest BCUT2D eigenvalue weighted by molar-refractivity contribution is 0.0785. The van der Waals surface area contributed by atoms with E-state index in [1.807, 2.05) is 13.8 Å². The molecule has 1 unspecified atom stereocenters. The molecule has 0 fully saturated rings. The molecule has 0 spiro atoms. The first-order chi connectivity index (χ1) is 13.4. The standard InChI is InChI=1S/C20H16F4N4/c1-3-10(2)17-14(21)6-11(7-26-17)16-5-4-12-13-8-25-9-15(22)18(13)28(20(23)24)19(12)27-16/h4-10,20H,3H2,1-2H3. The monoisotopic (exact) mass is 388 g/mol. The molecule has 0 saturated heterocycles. The fraction of sp³-hybridized carbons (Fsp3) is 0.250. The van der Waals surface area contributed by atoms with Crippen LogP contribution < -0.4 is 0 Å². The van der Waals surface area contributed by atoms with Gasteiger partial charge in [-0.05, 0) is 24.6 Å².